The molecule has 1 aliphatic carbocycles. The number of carbonyl (C=O) groups is 1. The first-order chi connectivity index (χ1) is 8.47. The van der Waals surface area contributed by atoms with Gasteiger partial charge in [0.2, 0.25) is 10.0 Å². The summed E-state index contributed by atoms with van der Waals surface area (Å²) in [5, 5.41) is 7.58. The molecule has 2 rings (SSSR count). The Kier molecular flexibility index (Phi) is 3.72. The predicted molar refractivity (Wildman–Crippen MR) is 67.6 cm³/mol. The van der Waals surface area contributed by atoms with E-state index in [0.29, 0.717) is 24.7 Å². The number of nitrogens with two attached hydrogens (primary N) is 1. The first-order valence-corrected chi connectivity index (χ1v) is 7.64. The van der Waals surface area contributed by atoms with Gasteiger partial charge in [0, 0.05) is 18.8 Å². The highest BCUT2D eigenvalue weighted by atomic mass is 32.2. The standard InChI is InChI=1S/C11H17N3O3S/c12-18(16,17)8-2-6-13-11(15)10-3-1-7-14(10)9-4-5-9/h1,3,7,9H,2,4-6,8H2,(H,13,15)(H2,12,16,17). The van der Waals surface area contributed by atoms with Crippen molar-refractivity contribution in [2.45, 2.75) is 25.3 Å². The zero-order valence-electron chi connectivity index (χ0n) is 10.0. The van der Waals surface area contributed by atoms with E-state index < -0.39 is 10.0 Å². The largest absolute Gasteiger partial charge is 0.351 e. The summed E-state index contributed by atoms with van der Waals surface area (Å²) < 4.78 is 23.4. The Morgan fingerprint density at radius 2 is 2.22 bits per heavy atom. The van der Waals surface area contributed by atoms with Gasteiger partial charge in [-0.05, 0) is 31.4 Å². The number of carbonyl (C=O) groups excluding carboxylic acids is 1. The number of rotatable bonds is 6. The van der Waals surface area contributed by atoms with E-state index in [4.69, 9.17) is 5.14 Å². The normalized spacial score (nSPS) is 15.6. The quantitative estimate of drug-likeness (QED) is 0.725. The Morgan fingerprint density at radius 1 is 1.50 bits per heavy atom. The van der Waals surface area contributed by atoms with Gasteiger partial charge in [-0.15, -0.1) is 0 Å². The molecule has 1 aromatic heterocycles. The van der Waals surface area contributed by atoms with Crippen LogP contribution in [0.25, 0.3) is 0 Å². The van der Waals surface area contributed by atoms with E-state index in [1.54, 1.807) is 6.07 Å². The molecule has 18 heavy (non-hydrogen) atoms. The lowest BCUT2D eigenvalue weighted by atomic mass is 10.3. The highest BCUT2D eigenvalue weighted by Gasteiger charge is 2.26. The lowest BCUT2D eigenvalue weighted by Gasteiger charge is -2.08. The number of nitrogens with one attached hydrogen (secondary N) is 1. The maximum absolute atomic E-state index is 11.9. The van der Waals surface area contributed by atoms with Crippen molar-refractivity contribution in [3.8, 4) is 0 Å². The number of nitrogens with zero attached hydrogens (tertiary/aromatic N) is 1. The number of hydrogen-bond acceptors (Lipinski definition) is 3. The molecule has 1 amide bonds. The van der Waals surface area contributed by atoms with E-state index in [-0.39, 0.29) is 11.7 Å². The van der Waals surface area contributed by atoms with Crippen molar-refractivity contribution in [2.75, 3.05) is 12.3 Å². The summed E-state index contributed by atoms with van der Waals surface area (Å²) in [6, 6.07) is 4.07. The monoisotopic (exact) mass is 271 g/mol. The van der Waals surface area contributed by atoms with Crippen LogP contribution < -0.4 is 10.5 Å². The predicted octanol–water partition coefficient (Wildman–Crippen LogP) is 0.231. The van der Waals surface area contributed by atoms with Crippen molar-refractivity contribution in [2.24, 2.45) is 5.14 Å². The van der Waals surface area contributed by atoms with Crippen LogP contribution in [0.1, 0.15) is 35.8 Å². The molecule has 0 radical (unpaired) electrons. The smallest absolute Gasteiger partial charge is 0.267 e. The van der Waals surface area contributed by atoms with Crippen molar-refractivity contribution in [1.82, 2.24) is 9.88 Å². The number of hydrogen-bond donors (Lipinski definition) is 2. The van der Waals surface area contributed by atoms with E-state index in [1.165, 1.54) is 0 Å². The summed E-state index contributed by atoms with van der Waals surface area (Å²) in [6.45, 7) is 0.311. The Morgan fingerprint density at radius 3 is 2.83 bits per heavy atom. The Bertz CT molecular complexity index is 531. The zero-order chi connectivity index (χ0) is 13.2. The Labute approximate surface area is 106 Å². The molecule has 100 valence electrons. The van der Waals surface area contributed by atoms with Gasteiger partial charge in [0.05, 0.1) is 5.75 Å². The molecular formula is C11H17N3O3S. The molecule has 6 nitrogen and oxygen atoms in total. The van der Waals surface area contributed by atoms with Gasteiger partial charge < -0.3 is 9.88 Å². The van der Waals surface area contributed by atoms with E-state index in [1.807, 2.05) is 16.8 Å². The van der Waals surface area contributed by atoms with Crippen molar-refractivity contribution in [1.29, 1.82) is 0 Å². The maximum atomic E-state index is 11.9. The number of amides is 1. The van der Waals surface area contributed by atoms with Crippen LogP contribution in [-0.4, -0.2) is 31.2 Å². The second-order valence-electron chi connectivity index (χ2n) is 4.51. The molecule has 0 aliphatic heterocycles. The summed E-state index contributed by atoms with van der Waals surface area (Å²) >= 11 is 0. The van der Waals surface area contributed by atoms with E-state index in [2.05, 4.69) is 5.32 Å². The second kappa shape index (κ2) is 5.11. The van der Waals surface area contributed by atoms with Crippen LogP contribution in [0.15, 0.2) is 18.3 Å². The van der Waals surface area contributed by atoms with Gasteiger partial charge in [-0.3, -0.25) is 4.79 Å². The van der Waals surface area contributed by atoms with Crippen molar-refractivity contribution in [3.63, 3.8) is 0 Å². The molecule has 7 heteroatoms. The summed E-state index contributed by atoms with van der Waals surface area (Å²) in [5.41, 5.74) is 0.633. The number of sulfonamides is 1. The van der Waals surface area contributed by atoms with Crippen molar-refractivity contribution < 1.29 is 13.2 Å². The fraction of sp³-hybridized carbons (Fsp3) is 0.545. The van der Waals surface area contributed by atoms with Crippen LogP contribution >= 0.6 is 0 Å². The first-order valence-electron chi connectivity index (χ1n) is 5.93. The van der Waals surface area contributed by atoms with Gasteiger partial charge in [0.1, 0.15) is 5.69 Å². The van der Waals surface area contributed by atoms with Crippen LogP contribution in [0.3, 0.4) is 0 Å². The molecule has 1 aromatic rings. The molecule has 0 bridgehead atoms. The number of aromatic nitrogens is 1. The molecule has 1 heterocycles. The minimum absolute atomic E-state index is 0.114. The fourth-order valence-corrected chi connectivity index (χ4v) is 2.37. The molecule has 0 saturated heterocycles. The topological polar surface area (TPSA) is 94.2 Å². The van der Waals surface area contributed by atoms with E-state index in [9.17, 15) is 13.2 Å². The summed E-state index contributed by atoms with van der Waals surface area (Å²) in [4.78, 5) is 11.9. The van der Waals surface area contributed by atoms with Gasteiger partial charge in [-0.25, -0.2) is 13.6 Å². The average molecular weight is 271 g/mol. The highest BCUT2D eigenvalue weighted by molar-refractivity contribution is 7.89. The van der Waals surface area contributed by atoms with Crippen LogP contribution in [0, 0.1) is 0 Å². The van der Waals surface area contributed by atoms with Crippen molar-refractivity contribution >= 4 is 15.9 Å². The van der Waals surface area contributed by atoms with Crippen molar-refractivity contribution in [3.05, 3.63) is 24.0 Å². The third kappa shape index (κ3) is 3.58. The van der Waals surface area contributed by atoms with Gasteiger partial charge in [0.25, 0.3) is 5.91 Å². The Balaban J connectivity index is 1.82. The highest BCUT2D eigenvalue weighted by Crippen LogP contribution is 2.35. The van der Waals surface area contributed by atoms with Gasteiger partial charge in [-0.2, -0.15) is 0 Å². The molecule has 0 aromatic carbocycles. The van der Waals surface area contributed by atoms with E-state index >= 15 is 0 Å². The third-order valence-electron chi connectivity index (χ3n) is 2.84. The molecule has 0 unspecified atom stereocenters. The lowest BCUT2D eigenvalue weighted by molar-refractivity contribution is 0.0944. The molecule has 1 saturated carbocycles. The third-order valence-corrected chi connectivity index (χ3v) is 3.70. The van der Waals surface area contributed by atoms with Crippen LogP contribution in [0.4, 0.5) is 0 Å². The van der Waals surface area contributed by atoms with Gasteiger partial charge in [-0.1, -0.05) is 0 Å². The molecule has 0 spiro atoms. The lowest BCUT2D eigenvalue weighted by Crippen LogP contribution is -2.28. The minimum Gasteiger partial charge on any atom is -0.351 e. The minimum atomic E-state index is -3.44. The maximum Gasteiger partial charge on any atom is 0.267 e. The fourth-order valence-electron chi connectivity index (χ4n) is 1.82. The molecule has 3 N–H and O–H groups in total. The number of primary sulfonamides is 1. The van der Waals surface area contributed by atoms with Crippen LogP contribution in [-0.2, 0) is 10.0 Å². The Hall–Kier alpha value is -1.34. The molecule has 1 fully saturated rings. The molecule has 0 atom stereocenters. The second-order valence-corrected chi connectivity index (χ2v) is 6.24. The zero-order valence-corrected chi connectivity index (χ0v) is 10.8. The van der Waals surface area contributed by atoms with Crippen LogP contribution in [0.2, 0.25) is 0 Å². The summed E-state index contributed by atoms with van der Waals surface area (Å²) in [6.07, 6.45) is 4.45. The average Bonchev–Trinajstić information content (AvgIpc) is 3.01. The van der Waals surface area contributed by atoms with E-state index in [0.717, 1.165) is 12.8 Å². The molecule has 1 aliphatic rings. The van der Waals surface area contributed by atoms with Gasteiger partial charge >= 0.3 is 0 Å². The molecular weight excluding hydrogens is 254 g/mol. The van der Waals surface area contributed by atoms with Crippen LogP contribution in [0.5, 0.6) is 0 Å². The SMILES string of the molecule is NS(=O)(=O)CCCNC(=O)c1cccn1C1CC1. The van der Waals surface area contributed by atoms with Gasteiger partial charge in [0.15, 0.2) is 0 Å². The first kappa shape index (κ1) is 13.1. The summed E-state index contributed by atoms with van der Waals surface area (Å²) in [7, 11) is -3.44. The summed E-state index contributed by atoms with van der Waals surface area (Å²) in [5.74, 6) is -0.280.